The number of para-hydroxylation sites is 2. The molecule has 2 aromatic heterocycles. The first kappa shape index (κ1) is 29.7. The van der Waals surface area contributed by atoms with Gasteiger partial charge in [-0.2, -0.15) is 5.26 Å². The number of aromatic nitrogens is 2. The van der Waals surface area contributed by atoms with Crippen molar-refractivity contribution in [2.75, 3.05) is 0 Å². The summed E-state index contributed by atoms with van der Waals surface area (Å²) >= 11 is 0. The summed E-state index contributed by atoms with van der Waals surface area (Å²) in [5.74, 6) is 0. The predicted octanol–water partition coefficient (Wildman–Crippen LogP) is 12.8. The molecule has 0 saturated carbocycles. The first-order chi connectivity index (χ1) is 25.7. The van der Waals surface area contributed by atoms with Crippen LogP contribution < -0.4 is 0 Å². The highest BCUT2D eigenvalue weighted by Crippen LogP contribution is 2.39. The topological polar surface area (TPSA) is 33.6 Å². The number of nitrogens with zero attached hydrogens (tertiary/aromatic N) is 3. The molecule has 3 heteroatoms. The molecule has 0 fully saturated rings. The average molecular weight is 662 g/mol. The lowest BCUT2D eigenvalue weighted by Gasteiger charge is -2.12. The van der Waals surface area contributed by atoms with Gasteiger partial charge < -0.3 is 9.13 Å². The van der Waals surface area contributed by atoms with E-state index >= 15 is 0 Å². The number of nitriles is 1. The first-order valence-corrected chi connectivity index (χ1v) is 17.6. The molecule has 0 unspecified atom stereocenters. The van der Waals surface area contributed by atoms with Crippen LogP contribution in [0.1, 0.15) is 5.56 Å². The molecular weight excluding hydrogens is 631 g/mol. The normalized spacial score (nSPS) is 11.4. The molecule has 0 aliphatic carbocycles. The summed E-state index contributed by atoms with van der Waals surface area (Å²) in [6.07, 6.45) is 0. The van der Waals surface area contributed by atoms with Gasteiger partial charge in [-0.05, 0) is 100 Å². The maximum absolute atomic E-state index is 9.82. The standard InChI is InChI=1S/C49H31N3/c50-32-33-18-26-47-44(28-33)43-25-23-39(38-24-27-48-45(30-38)42-16-7-8-17-46(42)51(48)40-13-5-2-6-14-40)31-49(43)52(47)41-15-9-12-37(29-41)36-21-19-35(20-22-36)34-10-3-1-4-11-34/h1-31H. The number of hydrogen-bond donors (Lipinski definition) is 0. The van der Waals surface area contributed by atoms with E-state index in [0.29, 0.717) is 5.56 Å². The van der Waals surface area contributed by atoms with Gasteiger partial charge >= 0.3 is 0 Å². The molecular formula is C49H31N3. The number of rotatable bonds is 5. The molecule has 10 rings (SSSR count). The Morgan fingerprint density at radius 3 is 1.60 bits per heavy atom. The smallest absolute Gasteiger partial charge is 0.0991 e. The van der Waals surface area contributed by atoms with Crippen LogP contribution in [-0.2, 0) is 0 Å². The van der Waals surface area contributed by atoms with Gasteiger partial charge in [-0.3, -0.25) is 0 Å². The number of fused-ring (bicyclic) bond motifs is 6. The number of benzene rings is 8. The highest BCUT2D eigenvalue weighted by atomic mass is 15.0. The molecule has 0 atom stereocenters. The molecule has 0 radical (unpaired) electrons. The summed E-state index contributed by atoms with van der Waals surface area (Å²) in [5.41, 5.74) is 14.5. The minimum absolute atomic E-state index is 0.656. The van der Waals surface area contributed by atoms with Gasteiger partial charge in [0.25, 0.3) is 0 Å². The molecule has 0 saturated heterocycles. The van der Waals surface area contributed by atoms with Crippen LogP contribution in [0.4, 0.5) is 0 Å². The Bertz CT molecular complexity index is 3000. The van der Waals surface area contributed by atoms with Crippen LogP contribution in [0.2, 0.25) is 0 Å². The largest absolute Gasteiger partial charge is 0.309 e. The maximum Gasteiger partial charge on any atom is 0.0991 e. The second kappa shape index (κ2) is 12.0. The van der Waals surface area contributed by atoms with Crippen LogP contribution in [0, 0.1) is 11.3 Å². The first-order valence-electron chi connectivity index (χ1n) is 17.6. The summed E-state index contributed by atoms with van der Waals surface area (Å²) in [6, 6.07) is 69.2. The van der Waals surface area contributed by atoms with Crippen molar-refractivity contribution < 1.29 is 0 Å². The van der Waals surface area contributed by atoms with Crippen molar-refractivity contribution in [1.29, 1.82) is 5.26 Å². The lowest BCUT2D eigenvalue weighted by molar-refractivity contribution is 1.18. The zero-order valence-corrected chi connectivity index (χ0v) is 28.2. The zero-order chi connectivity index (χ0) is 34.6. The van der Waals surface area contributed by atoms with E-state index in [4.69, 9.17) is 0 Å². The third-order valence-corrected chi connectivity index (χ3v) is 10.3. The molecule has 242 valence electrons. The van der Waals surface area contributed by atoms with Gasteiger partial charge in [0.1, 0.15) is 0 Å². The predicted molar refractivity (Wildman–Crippen MR) is 216 cm³/mol. The molecule has 0 aliphatic rings. The number of hydrogen-bond acceptors (Lipinski definition) is 1. The third kappa shape index (κ3) is 4.81. The summed E-state index contributed by atoms with van der Waals surface area (Å²) in [7, 11) is 0. The second-order valence-corrected chi connectivity index (χ2v) is 13.3. The van der Waals surface area contributed by atoms with Crippen molar-refractivity contribution in [2.24, 2.45) is 0 Å². The van der Waals surface area contributed by atoms with Crippen LogP contribution in [0.3, 0.4) is 0 Å². The second-order valence-electron chi connectivity index (χ2n) is 13.3. The minimum atomic E-state index is 0.656. The van der Waals surface area contributed by atoms with E-state index < -0.39 is 0 Å². The molecule has 3 nitrogen and oxygen atoms in total. The molecule has 8 aromatic carbocycles. The molecule has 0 amide bonds. The van der Waals surface area contributed by atoms with Crippen LogP contribution in [-0.4, -0.2) is 9.13 Å². The molecule has 10 aromatic rings. The van der Waals surface area contributed by atoms with E-state index in [1.165, 1.54) is 32.9 Å². The average Bonchev–Trinajstić information content (AvgIpc) is 3.73. The maximum atomic E-state index is 9.82. The Morgan fingerprint density at radius 1 is 0.308 bits per heavy atom. The molecule has 0 N–H and O–H groups in total. The van der Waals surface area contributed by atoms with Crippen LogP contribution >= 0.6 is 0 Å². The van der Waals surface area contributed by atoms with E-state index in [1.54, 1.807) is 0 Å². The van der Waals surface area contributed by atoms with Gasteiger partial charge in [-0.25, -0.2) is 0 Å². The Labute approximate surface area is 301 Å². The molecule has 0 aliphatic heterocycles. The fourth-order valence-corrected chi connectivity index (χ4v) is 7.87. The summed E-state index contributed by atoms with van der Waals surface area (Å²) in [4.78, 5) is 0. The summed E-state index contributed by atoms with van der Waals surface area (Å²) in [5, 5.41) is 14.5. The zero-order valence-electron chi connectivity index (χ0n) is 28.2. The van der Waals surface area contributed by atoms with E-state index in [1.807, 2.05) is 18.2 Å². The Hall–Kier alpha value is -7.15. The molecule has 52 heavy (non-hydrogen) atoms. The minimum Gasteiger partial charge on any atom is -0.309 e. The Kier molecular flexibility index (Phi) is 6.87. The van der Waals surface area contributed by atoms with Crippen molar-refractivity contribution in [3.63, 3.8) is 0 Å². The Morgan fingerprint density at radius 2 is 0.808 bits per heavy atom. The van der Waals surface area contributed by atoms with Gasteiger partial charge in [0.05, 0.1) is 33.7 Å². The SMILES string of the molecule is N#Cc1ccc2c(c1)c1ccc(-c3ccc4c(c3)c3ccccc3n4-c3ccccc3)cc1n2-c1cccc(-c2ccc(-c3ccccc3)cc2)c1. The monoisotopic (exact) mass is 661 g/mol. The van der Waals surface area contributed by atoms with E-state index in [0.717, 1.165) is 55.4 Å². The van der Waals surface area contributed by atoms with Crippen LogP contribution in [0.25, 0.3) is 88.4 Å². The summed E-state index contributed by atoms with van der Waals surface area (Å²) < 4.78 is 4.70. The van der Waals surface area contributed by atoms with Gasteiger partial charge in [0.15, 0.2) is 0 Å². The fraction of sp³-hybridized carbons (Fsp3) is 0. The van der Waals surface area contributed by atoms with Gasteiger partial charge in [-0.1, -0.05) is 121 Å². The van der Waals surface area contributed by atoms with Crippen molar-refractivity contribution in [2.45, 2.75) is 0 Å². The third-order valence-electron chi connectivity index (χ3n) is 10.3. The van der Waals surface area contributed by atoms with E-state index in [-0.39, 0.29) is 0 Å². The van der Waals surface area contributed by atoms with Gasteiger partial charge in [0, 0.05) is 32.9 Å². The highest BCUT2D eigenvalue weighted by molar-refractivity contribution is 6.12. The fourth-order valence-electron chi connectivity index (χ4n) is 7.87. The van der Waals surface area contributed by atoms with Crippen LogP contribution in [0.5, 0.6) is 0 Å². The van der Waals surface area contributed by atoms with Crippen molar-refractivity contribution in [3.05, 3.63) is 194 Å². The van der Waals surface area contributed by atoms with Gasteiger partial charge in [0.2, 0.25) is 0 Å². The van der Waals surface area contributed by atoms with E-state index in [2.05, 4.69) is 185 Å². The molecule has 0 spiro atoms. The van der Waals surface area contributed by atoms with Crippen molar-refractivity contribution in [3.8, 4) is 50.8 Å². The lowest BCUT2D eigenvalue weighted by atomic mass is 10.00. The van der Waals surface area contributed by atoms with Crippen molar-refractivity contribution >= 4 is 43.6 Å². The molecule has 2 heterocycles. The Balaban J connectivity index is 1.13. The van der Waals surface area contributed by atoms with E-state index in [9.17, 15) is 5.26 Å². The summed E-state index contributed by atoms with van der Waals surface area (Å²) in [6.45, 7) is 0. The van der Waals surface area contributed by atoms with Gasteiger partial charge in [-0.15, -0.1) is 0 Å². The molecule has 0 bridgehead atoms. The van der Waals surface area contributed by atoms with Crippen molar-refractivity contribution in [1.82, 2.24) is 9.13 Å². The van der Waals surface area contributed by atoms with Crippen LogP contribution in [0.15, 0.2) is 188 Å². The lowest BCUT2D eigenvalue weighted by Crippen LogP contribution is -1.95. The highest BCUT2D eigenvalue weighted by Gasteiger charge is 2.17. The quantitative estimate of drug-likeness (QED) is 0.181.